The first-order chi connectivity index (χ1) is 14.0. The Kier molecular flexibility index (Phi) is 7.15. The summed E-state index contributed by atoms with van der Waals surface area (Å²) >= 11 is 0. The van der Waals surface area contributed by atoms with Gasteiger partial charge in [-0.05, 0) is 38.8 Å². The SMILES string of the molecule is CC(Cc1ccccc1)C(=O)NNC(=O)c1cc(C(=O)OC(C)(C)C)cc(=O)n1C. The molecule has 0 saturated heterocycles. The zero-order valence-corrected chi connectivity index (χ0v) is 17.8. The van der Waals surface area contributed by atoms with Crippen molar-refractivity contribution >= 4 is 17.8 Å². The maximum absolute atomic E-state index is 12.5. The van der Waals surface area contributed by atoms with Gasteiger partial charge in [0.15, 0.2) is 0 Å². The Hall–Kier alpha value is -3.42. The molecule has 0 radical (unpaired) electrons. The van der Waals surface area contributed by atoms with Gasteiger partial charge in [0, 0.05) is 19.0 Å². The fourth-order valence-electron chi connectivity index (χ4n) is 2.67. The molecule has 160 valence electrons. The largest absolute Gasteiger partial charge is 0.456 e. The summed E-state index contributed by atoms with van der Waals surface area (Å²) in [7, 11) is 1.40. The summed E-state index contributed by atoms with van der Waals surface area (Å²) in [6, 6.07) is 11.9. The average Bonchev–Trinajstić information content (AvgIpc) is 2.67. The Balaban J connectivity index is 2.08. The van der Waals surface area contributed by atoms with Crippen molar-refractivity contribution in [2.75, 3.05) is 0 Å². The van der Waals surface area contributed by atoms with Crippen LogP contribution in [0.15, 0.2) is 47.3 Å². The second-order valence-corrected chi connectivity index (χ2v) is 8.06. The lowest BCUT2D eigenvalue weighted by Gasteiger charge is -2.20. The molecule has 2 amide bonds. The second-order valence-electron chi connectivity index (χ2n) is 8.06. The van der Waals surface area contributed by atoms with Crippen molar-refractivity contribution in [3.63, 3.8) is 0 Å². The Bertz CT molecular complexity index is 990. The Morgan fingerprint density at radius 2 is 1.70 bits per heavy atom. The molecule has 1 aromatic carbocycles. The first-order valence-corrected chi connectivity index (χ1v) is 9.56. The molecule has 0 spiro atoms. The number of benzene rings is 1. The van der Waals surface area contributed by atoms with Crippen LogP contribution in [-0.2, 0) is 23.0 Å². The third-order valence-corrected chi connectivity index (χ3v) is 4.26. The average molecular weight is 413 g/mol. The number of carbonyl (C=O) groups excluding carboxylic acids is 3. The summed E-state index contributed by atoms with van der Waals surface area (Å²) in [5.74, 6) is -2.19. The molecule has 2 rings (SSSR count). The molecule has 1 unspecified atom stereocenters. The van der Waals surface area contributed by atoms with E-state index in [1.807, 2.05) is 30.3 Å². The first-order valence-electron chi connectivity index (χ1n) is 9.56. The number of hydrogen-bond acceptors (Lipinski definition) is 5. The molecule has 1 aromatic heterocycles. The van der Waals surface area contributed by atoms with Gasteiger partial charge < -0.3 is 9.30 Å². The highest BCUT2D eigenvalue weighted by atomic mass is 16.6. The molecule has 0 saturated carbocycles. The predicted molar refractivity (Wildman–Crippen MR) is 112 cm³/mol. The van der Waals surface area contributed by atoms with E-state index in [2.05, 4.69) is 10.9 Å². The molecular weight excluding hydrogens is 386 g/mol. The highest BCUT2D eigenvalue weighted by Crippen LogP contribution is 2.12. The third-order valence-electron chi connectivity index (χ3n) is 4.26. The zero-order valence-electron chi connectivity index (χ0n) is 17.8. The molecule has 0 aliphatic carbocycles. The Labute approximate surface area is 175 Å². The maximum Gasteiger partial charge on any atom is 0.338 e. The number of esters is 1. The van der Waals surface area contributed by atoms with E-state index in [9.17, 15) is 19.2 Å². The normalized spacial score (nSPS) is 12.0. The van der Waals surface area contributed by atoms with E-state index in [4.69, 9.17) is 4.74 Å². The molecule has 0 bridgehead atoms. The highest BCUT2D eigenvalue weighted by molar-refractivity contribution is 5.97. The molecule has 2 aromatic rings. The molecule has 1 atom stereocenters. The lowest BCUT2D eigenvalue weighted by Crippen LogP contribution is -2.45. The zero-order chi connectivity index (χ0) is 22.5. The number of nitrogens with zero attached hydrogens (tertiary/aromatic N) is 1. The molecule has 0 fully saturated rings. The fraction of sp³-hybridized carbons (Fsp3) is 0.364. The summed E-state index contributed by atoms with van der Waals surface area (Å²) in [5, 5.41) is 0. The number of nitrogens with one attached hydrogen (secondary N) is 2. The van der Waals surface area contributed by atoms with Crippen LogP contribution in [0.5, 0.6) is 0 Å². The maximum atomic E-state index is 12.5. The monoisotopic (exact) mass is 413 g/mol. The summed E-state index contributed by atoms with van der Waals surface area (Å²) in [6.07, 6.45) is 0.509. The van der Waals surface area contributed by atoms with Crippen LogP contribution in [0.2, 0.25) is 0 Å². The van der Waals surface area contributed by atoms with Gasteiger partial charge in [0.25, 0.3) is 11.5 Å². The van der Waals surface area contributed by atoms with Gasteiger partial charge in [0.05, 0.1) is 5.56 Å². The molecule has 8 heteroatoms. The van der Waals surface area contributed by atoms with Crippen molar-refractivity contribution < 1.29 is 19.1 Å². The van der Waals surface area contributed by atoms with Gasteiger partial charge in [-0.1, -0.05) is 37.3 Å². The first kappa shape index (κ1) is 22.9. The van der Waals surface area contributed by atoms with Crippen molar-refractivity contribution in [3.8, 4) is 0 Å². The van der Waals surface area contributed by atoms with Crippen molar-refractivity contribution in [3.05, 3.63) is 69.6 Å². The van der Waals surface area contributed by atoms with Crippen LogP contribution in [0, 0.1) is 5.92 Å². The van der Waals surface area contributed by atoms with E-state index in [-0.39, 0.29) is 23.1 Å². The molecular formula is C22H27N3O5. The van der Waals surface area contributed by atoms with E-state index < -0.39 is 23.0 Å². The van der Waals surface area contributed by atoms with Gasteiger partial charge in [-0.2, -0.15) is 0 Å². The second kappa shape index (κ2) is 9.39. The van der Waals surface area contributed by atoms with E-state index in [0.717, 1.165) is 16.2 Å². The van der Waals surface area contributed by atoms with Crippen molar-refractivity contribution in [2.45, 2.75) is 39.7 Å². The van der Waals surface area contributed by atoms with Gasteiger partial charge in [-0.3, -0.25) is 25.2 Å². The molecule has 0 aliphatic heterocycles. The lowest BCUT2D eigenvalue weighted by molar-refractivity contribution is -0.125. The summed E-state index contributed by atoms with van der Waals surface area (Å²) < 4.78 is 6.34. The summed E-state index contributed by atoms with van der Waals surface area (Å²) in [4.78, 5) is 49.3. The van der Waals surface area contributed by atoms with Crippen LogP contribution >= 0.6 is 0 Å². The molecule has 30 heavy (non-hydrogen) atoms. The number of pyridine rings is 1. The summed E-state index contributed by atoms with van der Waals surface area (Å²) in [5.41, 5.74) is 4.24. The number of ether oxygens (including phenoxy) is 1. The van der Waals surface area contributed by atoms with E-state index in [1.54, 1.807) is 27.7 Å². The van der Waals surface area contributed by atoms with E-state index in [1.165, 1.54) is 13.1 Å². The number of carbonyl (C=O) groups is 3. The molecule has 1 heterocycles. The molecule has 8 nitrogen and oxygen atoms in total. The van der Waals surface area contributed by atoms with Crippen LogP contribution < -0.4 is 16.4 Å². The number of amides is 2. The highest BCUT2D eigenvalue weighted by Gasteiger charge is 2.22. The minimum absolute atomic E-state index is 0.0399. The van der Waals surface area contributed by atoms with Crippen LogP contribution in [0.4, 0.5) is 0 Å². The Morgan fingerprint density at radius 3 is 2.30 bits per heavy atom. The standard InChI is InChI=1S/C22H27N3O5/c1-14(11-15-9-7-6-8-10-15)19(27)23-24-20(28)17-12-16(13-18(26)25(17)5)21(29)30-22(2,3)4/h6-10,12-14H,11H2,1-5H3,(H,23,27)(H,24,28). The number of hydrazine groups is 1. The number of aromatic nitrogens is 1. The van der Waals surface area contributed by atoms with Crippen molar-refractivity contribution in [1.29, 1.82) is 0 Å². The minimum Gasteiger partial charge on any atom is -0.456 e. The smallest absolute Gasteiger partial charge is 0.338 e. The minimum atomic E-state index is -0.747. The summed E-state index contributed by atoms with van der Waals surface area (Å²) in [6.45, 7) is 6.84. The van der Waals surface area contributed by atoms with Crippen molar-refractivity contribution in [1.82, 2.24) is 15.4 Å². The van der Waals surface area contributed by atoms with E-state index >= 15 is 0 Å². The lowest BCUT2D eigenvalue weighted by atomic mass is 10.0. The van der Waals surface area contributed by atoms with Gasteiger partial charge in [-0.25, -0.2) is 4.79 Å². The van der Waals surface area contributed by atoms with Crippen molar-refractivity contribution in [2.24, 2.45) is 13.0 Å². The van der Waals surface area contributed by atoms with Crippen LogP contribution in [0.25, 0.3) is 0 Å². The van der Waals surface area contributed by atoms with Crippen LogP contribution in [0.1, 0.15) is 54.1 Å². The third kappa shape index (κ3) is 6.30. The van der Waals surface area contributed by atoms with Gasteiger partial charge in [0.2, 0.25) is 5.91 Å². The Morgan fingerprint density at radius 1 is 1.07 bits per heavy atom. The van der Waals surface area contributed by atoms with Gasteiger partial charge in [0.1, 0.15) is 11.3 Å². The van der Waals surface area contributed by atoms with Crippen LogP contribution in [0.3, 0.4) is 0 Å². The van der Waals surface area contributed by atoms with E-state index in [0.29, 0.717) is 6.42 Å². The topological polar surface area (TPSA) is 107 Å². The molecule has 2 N–H and O–H groups in total. The predicted octanol–water partition coefficient (Wildman–Crippen LogP) is 1.98. The van der Waals surface area contributed by atoms with Gasteiger partial charge >= 0.3 is 5.97 Å². The fourth-order valence-corrected chi connectivity index (χ4v) is 2.67. The molecule has 0 aliphatic rings. The van der Waals surface area contributed by atoms with Gasteiger partial charge in [-0.15, -0.1) is 0 Å². The van der Waals surface area contributed by atoms with Crippen LogP contribution in [-0.4, -0.2) is 28.0 Å². The quantitative estimate of drug-likeness (QED) is 0.576. The number of rotatable bonds is 5. The number of hydrogen-bond donors (Lipinski definition) is 2.